The van der Waals surface area contributed by atoms with Crippen molar-refractivity contribution in [3.63, 3.8) is 0 Å². The first-order chi connectivity index (χ1) is 11.4. The Morgan fingerprint density at radius 1 is 0.750 bits per heavy atom. The Morgan fingerprint density at radius 3 is 1.54 bits per heavy atom. The zero-order valence-electron chi connectivity index (χ0n) is 15.2. The number of hydrogen-bond acceptors (Lipinski definition) is 8. The summed E-state index contributed by atoms with van der Waals surface area (Å²) in [4.78, 5) is 12.8. The SMILES string of the molecule is CCCCC(CC)C(O)(OO)OC(OO)(OO)C(CC)CCCC. The van der Waals surface area contributed by atoms with E-state index in [1.54, 1.807) is 13.8 Å². The first-order valence-electron chi connectivity index (χ1n) is 8.83. The molecule has 0 aromatic carbocycles. The van der Waals surface area contributed by atoms with Crippen LogP contribution in [0.1, 0.15) is 79.1 Å². The fourth-order valence-corrected chi connectivity index (χ4v) is 2.84. The van der Waals surface area contributed by atoms with Crippen LogP contribution in [-0.4, -0.2) is 32.8 Å². The minimum absolute atomic E-state index is 0.425. The molecule has 0 aliphatic heterocycles. The van der Waals surface area contributed by atoms with Crippen LogP contribution in [0.25, 0.3) is 0 Å². The molecule has 8 nitrogen and oxygen atoms in total. The molecule has 146 valence electrons. The summed E-state index contributed by atoms with van der Waals surface area (Å²) < 4.78 is 5.31. The third-order valence-corrected chi connectivity index (χ3v) is 4.49. The van der Waals surface area contributed by atoms with Gasteiger partial charge in [-0.2, -0.15) is 14.7 Å². The summed E-state index contributed by atoms with van der Waals surface area (Å²) in [6.07, 6.45) is 5.14. The van der Waals surface area contributed by atoms with Crippen molar-refractivity contribution < 1.29 is 40.3 Å². The van der Waals surface area contributed by atoms with E-state index in [2.05, 4.69) is 14.7 Å². The maximum Gasteiger partial charge on any atom is 0.346 e. The lowest BCUT2D eigenvalue weighted by molar-refractivity contribution is -0.641. The van der Waals surface area contributed by atoms with Crippen molar-refractivity contribution in [2.24, 2.45) is 11.8 Å². The highest BCUT2D eigenvalue weighted by Crippen LogP contribution is 2.38. The number of aliphatic hydroxyl groups is 1. The second-order valence-corrected chi connectivity index (χ2v) is 6.10. The van der Waals surface area contributed by atoms with Gasteiger partial charge in [-0.3, -0.25) is 4.74 Å². The maximum absolute atomic E-state index is 10.6. The first kappa shape index (κ1) is 23.7. The first-order valence-corrected chi connectivity index (χ1v) is 8.83. The summed E-state index contributed by atoms with van der Waals surface area (Å²) in [5, 5.41) is 38.4. The molecule has 0 aliphatic rings. The van der Waals surface area contributed by atoms with Gasteiger partial charge in [0.25, 0.3) is 0 Å². The van der Waals surface area contributed by atoms with E-state index < -0.39 is 23.8 Å². The van der Waals surface area contributed by atoms with Gasteiger partial charge in [0, 0.05) is 11.8 Å². The summed E-state index contributed by atoms with van der Waals surface area (Å²) in [6.45, 7) is 7.56. The van der Waals surface area contributed by atoms with Crippen LogP contribution in [0.4, 0.5) is 0 Å². The molecule has 0 saturated heterocycles. The average molecular weight is 354 g/mol. The van der Waals surface area contributed by atoms with Crippen molar-refractivity contribution in [2.45, 2.75) is 91.0 Å². The Labute approximate surface area is 144 Å². The van der Waals surface area contributed by atoms with Gasteiger partial charge < -0.3 is 5.11 Å². The van der Waals surface area contributed by atoms with Crippen LogP contribution in [-0.2, 0) is 19.4 Å². The number of hydrogen-bond donors (Lipinski definition) is 4. The van der Waals surface area contributed by atoms with Crippen molar-refractivity contribution in [2.75, 3.05) is 0 Å². The van der Waals surface area contributed by atoms with Gasteiger partial charge in [0.1, 0.15) is 0 Å². The lowest BCUT2D eigenvalue weighted by Gasteiger charge is -2.41. The van der Waals surface area contributed by atoms with E-state index in [1.165, 1.54) is 0 Å². The minimum Gasteiger partial charge on any atom is -0.341 e. The molecule has 0 aromatic rings. The van der Waals surface area contributed by atoms with Gasteiger partial charge in [-0.15, -0.1) is 0 Å². The fourth-order valence-electron chi connectivity index (χ4n) is 2.84. The smallest absolute Gasteiger partial charge is 0.341 e. The van der Waals surface area contributed by atoms with Crippen LogP contribution in [0.5, 0.6) is 0 Å². The topological polar surface area (TPSA) is 118 Å². The molecule has 0 aromatic heterocycles. The second kappa shape index (κ2) is 12.1. The zero-order chi connectivity index (χ0) is 18.6. The molecule has 0 bridgehead atoms. The summed E-state index contributed by atoms with van der Waals surface area (Å²) in [5.41, 5.74) is 0. The Balaban J connectivity index is 5.46. The Kier molecular flexibility index (Phi) is 11.9. The largest absolute Gasteiger partial charge is 0.346 e. The molecule has 4 N–H and O–H groups in total. The molecule has 3 atom stereocenters. The van der Waals surface area contributed by atoms with Gasteiger partial charge in [0.15, 0.2) is 0 Å². The van der Waals surface area contributed by atoms with Crippen LogP contribution in [0.15, 0.2) is 0 Å². The van der Waals surface area contributed by atoms with Gasteiger partial charge in [0.05, 0.1) is 0 Å². The molecular formula is C16H34O8. The van der Waals surface area contributed by atoms with Gasteiger partial charge in [-0.25, -0.2) is 15.8 Å². The highest BCUT2D eigenvalue weighted by molar-refractivity contribution is 4.75. The Morgan fingerprint density at radius 2 is 1.21 bits per heavy atom. The van der Waals surface area contributed by atoms with Crippen molar-refractivity contribution in [1.29, 1.82) is 0 Å². The maximum atomic E-state index is 10.6. The third-order valence-electron chi connectivity index (χ3n) is 4.49. The van der Waals surface area contributed by atoms with E-state index in [4.69, 9.17) is 4.74 Å². The monoisotopic (exact) mass is 354 g/mol. The molecule has 0 rings (SSSR count). The van der Waals surface area contributed by atoms with Crippen LogP contribution in [0.3, 0.4) is 0 Å². The van der Waals surface area contributed by atoms with Crippen molar-refractivity contribution >= 4 is 0 Å². The van der Waals surface area contributed by atoms with Crippen LogP contribution >= 0.6 is 0 Å². The van der Waals surface area contributed by atoms with Gasteiger partial charge >= 0.3 is 11.9 Å². The molecule has 0 saturated carbocycles. The van der Waals surface area contributed by atoms with Crippen LogP contribution < -0.4 is 0 Å². The standard InChI is InChI=1S/C16H34O8/c1-5-9-11-13(7-3)15(17,22-18)21-16(23-19,24-20)14(8-4)12-10-6-2/h13-14,17-20H,5-12H2,1-4H3. The Hall–Kier alpha value is -0.320. The molecule has 0 amide bonds. The normalized spacial score (nSPS) is 17.5. The zero-order valence-corrected chi connectivity index (χ0v) is 15.2. The number of unbranched alkanes of at least 4 members (excludes halogenated alkanes) is 2. The molecule has 0 heterocycles. The van der Waals surface area contributed by atoms with E-state index in [0.29, 0.717) is 25.7 Å². The summed E-state index contributed by atoms with van der Waals surface area (Å²) >= 11 is 0. The third kappa shape index (κ3) is 6.20. The summed E-state index contributed by atoms with van der Waals surface area (Å²) in [6, 6.07) is 0. The molecule has 3 unspecified atom stereocenters. The second-order valence-electron chi connectivity index (χ2n) is 6.10. The predicted molar refractivity (Wildman–Crippen MR) is 86.5 cm³/mol. The summed E-state index contributed by atoms with van der Waals surface area (Å²) in [7, 11) is 0. The lowest BCUT2D eigenvalue weighted by Crippen LogP contribution is -2.55. The molecule has 0 aliphatic carbocycles. The van der Waals surface area contributed by atoms with Gasteiger partial charge in [-0.1, -0.05) is 53.4 Å². The molecule has 0 fully saturated rings. The summed E-state index contributed by atoms with van der Waals surface area (Å²) in [5.74, 6) is -6.07. The van der Waals surface area contributed by atoms with E-state index in [9.17, 15) is 20.9 Å². The minimum atomic E-state index is -2.49. The highest BCUT2D eigenvalue weighted by Gasteiger charge is 2.53. The molecule has 24 heavy (non-hydrogen) atoms. The number of rotatable bonds is 15. The lowest BCUT2D eigenvalue weighted by atomic mass is 9.94. The van der Waals surface area contributed by atoms with E-state index >= 15 is 0 Å². The van der Waals surface area contributed by atoms with E-state index in [-0.39, 0.29) is 0 Å². The molecular weight excluding hydrogens is 320 g/mol. The molecule has 0 radical (unpaired) electrons. The van der Waals surface area contributed by atoms with Gasteiger partial charge in [0.2, 0.25) is 0 Å². The van der Waals surface area contributed by atoms with E-state index in [0.717, 1.165) is 25.7 Å². The highest BCUT2D eigenvalue weighted by atomic mass is 17.3. The predicted octanol–water partition coefficient (Wildman–Crippen LogP) is 4.20. The Bertz CT molecular complexity index is 310. The van der Waals surface area contributed by atoms with Crippen molar-refractivity contribution in [1.82, 2.24) is 0 Å². The van der Waals surface area contributed by atoms with E-state index in [1.807, 2.05) is 13.8 Å². The molecule has 8 heteroatoms. The fraction of sp³-hybridized carbons (Fsp3) is 1.00. The van der Waals surface area contributed by atoms with Crippen molar-refractivity contribution in [3.05, 3.63) is 0 Å². The molecule has 0 spiro atoms. The van der Waals surface area contributed by atoms with Crippen molar-refractivity contribution in [3.8, 4) is 0 Å². The average Bonchev–Trinajstić information content (AvgIpc) is 2.61. The quantitative estimate of drug-likeness (QED) is 0.196. The van der Waals surface area contributed by atoms with Gasteiger partial charge in [-0.05, 0) is 25.7 Å². The number of ether oxygens (including phenoxy) is 1. The van der Waals surface area contributed by atoms with Crippen LogP contribution in [0.2, 0.25) is 0 Å². The van der Waals surface area contributed by atoms with Crippen LogP contribution in [0, 0.1) is 11.8 Å².